The molecule has 1 aliphatic heterocycles. The Morgan fingerprint density at radius 3 is 2.55 bits per heavy atom. The zero-order valence-corrected chi connectivity index (χ0v) is 10.7. The topological polar surface area (TPSA) is 43.8 Å². The molecular formula is C13H15F3N2O2. The van der Waals surface area contributed by atoms with Gasteiger partial charge in [0.2, 0.25) is 0 Å². The molecule has 1 fully saturated rings. The molecule has 1 aromatic rings. The number of carboxylic acid groups (broad SMARTS) is 1. The molecule has 20 heavy (non-hydrogen) atoms. The zero-order valence-electron chi connectivity index (χ0n) is 10.7. The van der Waals surface area contributed by atoms with Crippen LogP contribution in [0.15, 0.2) is 24.3 Å². The van der Waals surface area contributed by atoms with Crippen molar-refractivity contribution in [1.29, 1.82) is 0 Å². The van der Waals surface area contributed by atoms with Crippen LogP contribution in [0.1, 0.15) is 12.0 Å². The van der Waals surface area contributed by atoms with Crippen molar-refractivity contribution in [3.8, 4) is 0 Å². The van der Waals surface area contributed by atoms with Gasteiger partial charge in [-0.2, -0.15) is 13.2 Å². The summed E-state index contributed by atoms with van der Waals surface area (Å²) in [5.41, 5.74) is -0.207. The summed E-state index contributed by atoms with van der Waals surface area (Å²) in [4.78, 5) is 14.0. The first-order valence-corrected chi connectivity index (χ1v) is 6.28. The maximum atomic E-state index is 12.7. The molecule has 0 aromatic heterocycles. The molecule has 0 radical (unpaired) electrons. The van der Waals surface area contributed by atoms with Crippen LogP contribution in [0.4, 0.5) is 23.7 Å². The van der Waals surface area contributed by atoms with Crippen LogP contribution in [0.2, 0.25) is 0 Å². The third-order valence-electron chi connectivity index (χ3n) is 3.31. The van der Waals surface area contributed by atoms with E-state index in [1.807, 2.05) is 0 Å². The summed E-state index contributed by atoms with van der Waals surface area (Å²) in [6.45, 7) is 1.65. The van der Waals surface area contributed by atoms with Crippen molar-refractivity contribution < 1.29 is 23.1 Å². The molecule has 1 N–H and O–H groups in total. The van der Waals surface area contributed by atoms with Crippen LogP contribution < -0.4 is 4.90 Å². The molecule has 0 saturated carbocycles. The lowest BCUT2D eigenvalue weighted by atomic mass is 10.1. The first kappa shape index (κ1) is 14.5. The van der Waals surface area contributed by atoms with E-state index in [1.54, 1.807) is 11.0 Å². The maximum Gasteiger partial charge on any atom is 0.416 e. The molecule has 1 aromatic carbocycles. The van der Waals surface area contributed by atoms with Gasteiger partial charge in [0.1, 0.15) is 0 Å². The summed E-state index contributed by atoms with van der Waals surface area (Å²) in [7, 11) is 0. The summed E-state index contributed by atoms with van der Waals surface area (Å²) in [5, 5.41) is 8.93. The molecule has 1 aliphatic rings. The number of hydrogen-bond acceptors (Lipinski definition) is 2. The molecule has 1 amide bonds. The van der Waals surface area contributed by atoms with Gasteiger partial charge in [-0.15, -0.1) is 0 Å². The second-order valence-corrected chi connectivity index (χ2v) is 4.66. The lowest BCUT2D eigenvalue weighted by molar-refractivity contribution is -0.137. The summed E-state index contributed by atoms with van der Waals surface area (Å²) in [6.07, 6.45) is -4.76. The number of benzene rings is 1. The van der Waals surface area contributed by atoms with Crippen molar-refractivity contribution in [3.05, 3.63) is 29.8 Å². The predicted octanol–water partition coefficient (Wildman–Crippen LogP) is 2.90. The lowest BCUT2D eigenvalue weighted by Crippen LogP contribution is -2.34. The van der Waals surface area contributed by atoms with Gasteiger partial charge >= 0.3 is 12.3 Å². The van der Waals surface area contributed by atoms with Gasteiger partial charge in [0.15, 0.2) is 0 Å². The van der Waals surface area contributed by atoms with E-state index in [2.05, 4.69) is 0 Å². The van der Waals surface area contributed by atoms with E-state index in [0.717, 1.165) is 12.1 Å². The fourth-order valence-electron chi connectivity index (χ4n) is 2.25. The molecule has 0 atom stereocenters. The van der Waals surface area contributed by atoms with E-state index < -0.39 is 17.8 Å². The quantitative estimate of drug-likeness (QED) is 0.864. The number of anilines is 1. The Morgan fingerprint density at radius 1 is 1.15 bits per heavy atom. The van der Waals surface area contributed by atoms with Gasteiger partial charge < -0.3 is 14.9 Å². The predicted molar refractivity (Wildman–Crippen MR) is 67.9 cm³/mol. The second kappa shape index (κ2) is 5.60. The number of amides is 1. The average Bonchev–Trinajstić information content (AvgIpc) is 2.63. The molecule has 0 unspecified atom stereocenters. The van der Waals surface area contributed by atoms with Gasteiger partial charge in [0.05, 0.1) is 5.56 Å². The molecule has 1 saturated heterocycles. The highest BCUT2D eigenvalue weighted by molar-refractivity contribution is 5.65. The van der Waals surface area contributed by atoms with Crippen LogP contribution in [0.5, 0.6) is 0 Å². The summed E-state index contributed by atoms with van der Waals surface area (Å²) in [6, 6.07) is 5.13. The first-order chi connectivity index (χ1) is 9.38. The van der Waals surface area contributed by atoms with Crippen molar-refractivity contribution in [2.45, 2.75) is 12.6 Å². The minimum absolute atomic E-state index is 0.297. The molecule has 7 heteroatoms. The number of alkyl halides is 3. The van der Waals surface area contributed by atoms with E-state index in [0.29, 0.717) is 38.3 Å². The Kier molecular flexibility index (Phi) is 4.06. The minimum atomic E-state index is -4.37. The van der Waals surface area contributed by atoms with E-state index in [-0.39, 0.29) is 0 Å². The van der Waals surface area contributed by atoms with Crippen molar-refractivity contribution in [2.75, 3.05) is 31.1 Å². The van der Waals surface area contributed by atoms with E-state index in [4.69, 9.17) is 5.11 Å². The van der Waals surface area contributed by atoms with Crippen molar-refractivity contribution in [2.24, 2.45) is 0 Å². The van der Waals surface area contributed by atoms with Gasteiger partial charge in [-0.3, -0.25) is 0 Å². The Morgan fingerprint density at radius 2 is 1.90 bits per heavy atom. The maximum absolute atomic E-state index is 12.7. The number of nitrogens with zero attached hydrogens (tertiary/aromatic N) is 2. The van der Waals surface area contributed by atoms with Crippen molar-refractivity contribution in [3.63, 3.8) is 0 Å². The molecule has 4 nitrogen and oxygen atoms in total. The summed E-state index contributed by atoms with van der Waals surface area (Å²) < 4.78 is 38.0. The molecule has 2 rings (SSSR count). The lowest BCUT2D eigenvalue weighted by Gasteiger charge is -2.23. The Bertz CT molecular complexity index is 491. The number of carbonyl (C=O) groups is 1. The van der Waals surface area contributed by atoms with E-state index >= 15 is 0 Å². The van der Waals surface area contributed by atoms with Crippen LogP contribution >= 0.6 is 0 Å². The molecule has 110 valence electrons. The van der Waals surface area contributed by atoms with Crippen LogP contribution in [-0.2, 0) is 6.18 Å². The SMILES string of the molecule is O=C(O)N1CCCN(c2cccc(C(F)(F)F)c2)CC1. The largest absolute Gasteiger partial charge is 0.465 e. The van der Waals surface area contributed by atoms with Gasteiger partial charge in [-0.05, 0) is 24.6 Å². The summed E-state index contributed by atoms with van der Waals surface area (Å²) in [5.74, 6) is 0. The second-order valence-electron chi connectivity index (χ2n) is 4.66. The van der Waals surface area contributed by atoms with Crippen molar-refractivity contribution >= 4 is 11.8 Å². The summed E-state index contributed by atoms with van der Waals surface area (Å²) >= 11 is 0. The highest BCUT2D eigenvalue weighted by Gasteiger charge is 2.31. The smallest absolute Gasteiger partial charge is 0.416 e. The fraction of sp³-hybridized carbons (Fsp3) is 0.462. The number of rotatable bonds is 1. The van der Waals surface area contributed by atoms with Crippen LogP contribution in [-0.4, -0.2) is 42.3 Å². The molecule has 1 heterocycles. The van der Waals surface area contributed by atoms with Crippen molar-refractivity contribution in [1.82, 2.24) is 4.90 Å². The van der Waals surface area contributed by atoms with Gasteiger partial charge in [-0.25, -0.2) is 4.79 Å². The van der Waals surface area contributed by atoms with Crippen LogP contribution in [0, 0.1) is 0 Å². The van der Waals surface area contributed by atoms with Gasteiger partial charge in [0.25, 0.3) is 0 Å². The molecule has 0 aliphatic carbocycles. The average molecular weight is 288 g/mol. The van der Waals surface area contributed by atoms with E-state index in [1.165, 1.54) is 11.0 Å². The molecule has 0 spiro atoms. The number of hydrogen-bond donors (Lipinski definition) is 1. The first-order valence-electron chi connectivity index (χ1n) is 6.28. The van der Waals surface area contributed by atoms with Gasteiger partial charge in [-0.1, -0.05) is 6.07 Å². The molecule has 0 bridgehead atoms. The monoisotopic (exact) mass is 288 g/mol. The third-order valence-corrected chi connectivity index (χ3v) is 3.31. The number of halogens is 3. The normalized spacial score (nSPS) is 16.9. The third kappa shape index (κ3) is 3.34. The molecular weight excluding hydrogens is 273 g/mol. The van der Waals surface area contributed by atoms with Gasteiger partial charge in [0, 0.05) is 31.9 Å². The van der Waals surface area contributed by atoms with Crippen LogP contribution in [0.25, 0.3) is 0 Å². The Balaban J connectivity index is 2.14. The Labute approximate surface area is 114 Å². The highest BCUT2D eigenvalue weighted by atomic mass is 19.4. The highest BCUT2D eigenvalue weighted by Crippen LogP contribution is 2.31. The van der Waals surface area contributed by atoms with Crippen LogP contribution in [0.3, 0.4) is 0 Å². The minimum Gasteiger partial charge on any atom is -0.465 e. The fourth-order valence-corrected chi connectivity index (χ4v) is 2.25. The standard InChI is InChI=1S/C13H15F3N2O2/c14-13(15,16)10-3-1-4-11(9-10)17-5-2-6-18(8-7-17)12(19)20/h1,3-4,9H,2,5-8H2,(H,19,20). The zero-order chi connectivity index (χ0) is 14.8. The van der Waals surface area contributed by atoms with E-state index in [9.17, 15) is 18.0 Å². The Hall–Kier alpha value is -1.92.